The van der Waals surface area contributed by atoms with Crippen molar-refractivity contribution in [3.63, 3.8) is 0 Å². The molecule has 0 saturated heterocycles. The average Bonchev–Trinajstić information content (AvgIpc) is 2.93. The van der Waals surface area contributed by atoms with E-state index in [0.29, 0.717) is 11.3 Å². The van der Waals surface area contributed by atoms with Gasteiger partial charge in [-0.1, -0.05) is 23.4 Å². The minimum absolute atomic E-state index is 0.130. The van der Waals surface area contributed by atoms with Crippen molar-refractivity contribution in [3.8, 4) is 0 Å². The Bertz CT molecular complexity index is 733. The Kier molecular flexibility index (Phi) is 3.55. The zero-order chi connectivity index (χ0) is 15.0. The van der Waals surface area contributed by atoms with Crippen LogP contribution in [0.5, 0.6) is 0 Å². The third-order valence-electron chi connectivity index (χ3n) is 3.62. The fourth-order valence-electron chi connectivity index (χ4n) is 2.59. The Labute approximate surface area is 129 Å². The molecule has 0 radical (unpaired) electrons. The molecule has 6 heteroatoms. The molecule has 0 unspecified atom stereocenters. The summed E-state index contributed by atoms with van der Waals surface area (Å²) in [6, 6.07) is 11.2. The van der Waals surface area contributed by atoms with Gasteiger partial charge in [0, 0.05) is 17.8 Å². The molecule has 1 aliphatic rings. The number of halogens is 2. The number of benzene rings is 2. The van der Waals surface area contributed by atoms with Gasteiger partial charge in [0.2, 0.25) is 0 Å². The number of amidine groups is 1. The van der Waals surface area contributed by atoms with E-state index < -0.39 is 5.82 Å². The predicted octanol–water partition coefficient (Wildman–Crippen LogP) is 3.38. The van der Waals surface area contributed by atoms with Gasteiger partial charge in [-0.25, -0.2) is 4.39 Å². The maximum atomic E-state index is 14.6. The minimum Gasteiger partial charge on any atom is -0.409 e. The summed E-state index contributed by atoms with van der Waals surface area (Å²) in [5.41, 5.74) is 8.55. The van der Waals surface area contributed by atoms with Crippen molar-refractivity contribution in [1.82, 2.24) is 0 Å². The summed E-state index contributed by atoms with van der Waals surface area (Å²) in [6.45, 7) is 0.728. The normalized spacial score (nSPS) is 14.4. The van der Waals surface area contributed by atoms with Crippen LogP contribution in [0.25, 0.3) is 0 Å². The molecule has 4 nitrogen and oxygen atoms in total. The van der Waals surface area contributed by atoms with E-state index >= 15 is 0 Å². The van der Waals surface area contributed by atoms with Crippen LogP contribution in [-0.4, -0.2) is 17.6 Å². The molecule has 0 saturated carbocycles. The molecule has 0 atom stereocenters. The van der Waals surface area contributed by atoms with Gasteiger partial charge in [0.25, 0.3) is 0 Å². The molecule has 3 rings (SSSR count). The number of rotatable bonds is 2. The second-order valence-corrected chi connectivity index (χ2v) is 5.57. The molecule has 1 aliphatic heterocycles. The fraction of sp³-hybridized carbons (Fsp3) is 0.133. The van der Waals surface area contributed by atoms with Gasteiger partial charge in [0.05, 0.1) is 10.2 Å². The lowest BCUT2D eigenvalue weighted by Gasteiger charge is -2.21. The first-order chi connectivity index (χ1) is 10.1. The summed E-state index contributed by atoms with van der Waals surface area (Å²) in [4.78, 5) is 1.94. The second-order valence-electron chi connectivity index (χ2n) is 4.78. The number of oxime groups is 1. The molecule has 108 valence electrons. The number of anilines is 2. The largest absolute Gasteiger partial charge is 0.409 e. The lowest BCUT2D eigenvalue weighted by molar-refractivity contribution is 0.318. The second kappa shape index (κ2) is 5.37. The van der Waals surface area contributed by atoms with Gasteiger partial charge < -0.3 is 15.8 Å². The van der Waals surface area contributed by atoms with E-state index in [4.69, 9.17) is 10.9 Å². The number of nitrogens with two attached hydrogens (primary N) is 1. The van der Waals surface area contributed by atoms with Crippen LogP contribution in [0.2, 0.25) is 0 Å². The third-order valence-corrected chi connectivity index (χ3v) is 4.40. The van der Waals surface area contributed by atoms with Crippen LogP contribution in [0.4, 0.5) is 15.8 Å². The number of hydrogen-bond donors (Lipinski definition) is 2. The molecule has 21 heavy (non-hydrogen) atoms. The van der Waals surface area contributed by atoms with Gasteiger partial charge in [-0.3, -0.25) is 0 Å². The number of para-hydroxylation sites is 1. The van der Waals surface area contributed by atoms with Crippen LogP contribution in [0.15, 0.2) is 46.0 Å². The topological polar surface area (TPSA) is 61.9 Å². The van der Waals surface area contributed by atoms with Crippen molar-refractivity contribution in [1.29, 1.82) is 0 Å². The molecule has 3 N–H and O–H groups in total. The molecule has 0 fully saturated rings. The van der Waals surface area contributed by atoms with Crippen molar-refractivity contribution >= 4 is 33.1 Å². The molecule has 2 aromatic rings. The zero-order valence-corrected chi connectivity index (χ0v) is 12.6. The zero-order valence-electron chi connectivity index (χ0n) is 11.1. The molecule has 2 aromatic carbocycles. The van der Waals surface area contributed by atoms with Gasteiger partial charge in [0.15, 0.2) is 11.7 Å². The van der Waals surface area contributed by atoms with Crippen molar-refractivity contribution in [2.45, 2.75) is 6.42 Å². The Morgan fingerprint density at radius 3 is 2.76 bits per heavy atom. The summed E-state index contributed by atoms with van der Waals surface area (Å²) in [7, 11) is 0. The first-order valence-corrected chi connectivity index (χ1v) is 7.24. The first kappa shape index (κ1) is 13.9. The number of nitrogens with zero attached hydrogens (tertiary/aromatic N) is 2. The SMILES string of the molecule is N/C(=N/O)c1ccc(N2CCc3ccccc32)c(F)c1Br. The molecule has 0 aliphatic carbocycles. The Morgan fingerprint density at radius 1 is 1.24 bits per heavy atom. The number of hydrogen-bond acceptors (Lipinski definition) is 3. The van der Waals surface area contributed by atoms with E-state index in [1.54, 1.807) is 12.1 Å². The summed E-state index contributed by atoms with van der Waals surface area (Å²) >= 11 is 3.19. The van der Waals surface area contributed by atoms with Crippen LogP contribution >= 0.6 is 15.9 Å². The van der Waals surface area contributed by atoms with E-state index in [-0.39, 0.29) is 10.3 Å². The smallest absolute Gasteiger partial charge is 0.171 e. The lowest BCUT2D eigenvalue weighted by atomic mass is 10.1. The highest BCUT2D eigenvalue weighted by Gasteiger charge is 2.24. The van der Waals surface area contributed by atoms with Gasteiger partial charge in [0.1, 0.15) is 0 Å². The van der Waals surface area contributed by atoms with Crippen molar-refractivity contribution < 1.29 is 9.60 Å². The Hall–Kier alpha value is -2.08. The summed E-state index contributed by atoms with van der Waals surface area (Å²) in [5, 5.41) is 11.6. The molecule has 0 aromatic heterocycles. The lowest BCUT2D eigenvalue weighted by Crippen LogP contribution is -2.18. The van der Waals surface area contributed by atoms with E-state index in [1.165, 1.54) is 5.56 Å². The molecule has 0 amide bonds. The predicted molar refractivity (Wildman–Crippen MR) is 83.8 cm³/mol. The van der Waals surface area contributed by atoms with Gasteiger partial charge >= 0.3 is 0 Å². The molecular weight excluding hydrogens is 337 g/mol. The maximum Gasteiger partial charge on any atom is 0.171 e. The van der Waals surface area contributed by atoms with Gasteiger partial charge in [-0.2, -0.15) is 0 Å². The highest BCUT2D eigenvalue weighted by molar-refractivity contribution is 9.10. The quantitative estimate of drug-likeness (QED) is 0.378. The Balaban J connectivity index is 2.08. The summed E-state index contributed by atoms with van der Waals surface area (Å²) in [5.74, 6) is -0.551. The monoisotopic (exact) mass is 349 g/mol. The molecular formula is C15H13BrFN3O. The fourth-order valence-corrected chi connectivity index (χ4v) is 3.13. The van der Waals surface area contributed by atoms with E-state index in [9.17, 15) is 4.39 Å². The highest BCUT2D eigenvalue weighted by Crippen LogP contribution is 2.38. The van der Waals surface area contributed by atoms with Crippen molar-refractivity contribution in [3.05, 3.63) is 57.8 Å². The van der Waals surface area contributed by atoms with Crippen molar-refractivity contribution in [2.75, 3.05) is 11.4 Å². The van der Waals surface area contributed by atoms with Crippen LogP contribution in [0.1, 0.15) is 11.1 Å². The number of fused-ring (bicyclic) bond motifs is 1. The maximum absolute atomic E-state index is 14.6. The summed E-state index contributed by atoms with van der Waals surface area (Å²) in [6.07, 6.45) is 0.884. The minimum atomic E-state index is -0.421. The van der Waals surface area contributed by atoms with Gasteiger partial charge in [-0.05, 0) is 46.1 Å². The Morgan fingerprint density at radius 2 is 2.00 bits per heavy atom. The average molecular weight is 350 g/mol. The highest BCUT2D eigenvalue weighted by atomic mass is 79.9. The standard InChI is InChI=1S/C15H13BrFN3O/c16-13-10(15(18)19-21)5-6-12(14(13)17)20-8-7-9-3-1-2-4-11(9)20/h1-6,21H,7-8H2,(H2,18,19). The molecule has 0 bridgehead atoms. The van der Waals surface area contributed by atoms with Crippen LogP contribution in [0, 0.1) is 5.82 Å². The van der Waals surface area contributed by atoms with Crippen LogP contribution in [0.3, 0.4) is 0 Å². The molecule has 0 spiro atoms. The summed E-state index contributed by atoms with van der Waals surface area (Å²) < 4.78 is 14.8. The van der Waals surface area contributed by atoms with Crippen LogP contribution in [-0.2, 0) is 6.42 Å². The van der Waals surface area contributed by atoms with E-state index in [0.717, 1.165) is 18.7 Å². The van der Waals surface area contributed by atoms with E-state index in [1.807, 2.05) is 29.2 Å². The first-order valence-electron chi connectivity index (χ1n) is 6.45. The van der Waals surface area contributed by atoms with Gasteiger partial charge in [-0.15, -0.1) is 0 Å². The van der Waals surface area contributed by atoms with E-state index in [2.05, 4.69) is 21.1 Å². The third kappa shape index (κ3) is 2.25. The van der Waals surface area contributed by atoms with Crippen LogP contribution < -0.4 is 10.6 Å². The van der Waals surface area contributed by atoms with Crippen molar-refractivity contribution in [2.24, 2.45) is 10.9 Å². The molecule has 1 heterocycles.